The molecule has 4 rings (SSSR count). The second kappa shape index (κ2) is 6.83. The molecule has 6 unspecified atom stereocenters. The van der Waals surface area contributed by atoms with Crippen molar-refractivity contribution in [2.24, 2.45) is 11.8 Å². The van der Waals surface area contributed by atoms with Crippen LogP contribution in [0.25, 0.3) is 0 Å². The van der Waals surface area contributed by atoms with Crippen molar-refractivity contribution in [2.45, 2.75) is 87.9 Å². The minimum atomic E-state index is 0.639. The summed E-state index contributed by atoms with van der Waals surface area (Å²) in [5, 5.41) is 0. The van der Waals surface area contributed by atoms with E-state index in [1.165, 1.54) is 63.5 Å². The average molecular weight is 323 g/mol. The zero-order valence-corrected chi connectivity index (χ0v) is 14.8. The van der Waals surface area contributed by atoms with E-state index >= 15 is 0 Å². The Labute approximate surface area is 133 Å². The molecule has 5 heteroatoms. The van der Waals surface area contributed by atoms with Crippen LogP contribution in [0.5, 0.6) is 0 Å². The van der Waals surface area contributed by atoms with Gasteiger partial charge in [0.2, 0.25) is 19.5 Å². The molecule has 2 saturated heterocycles. The molecule has 0 aromatic carbocycles. The lowest BCUT2D eigenvalue weighted by atomic mass is 9.88. The van der Waals surface area contributed by atoms with Crippen molar-refractivity contribution in [3.05, 3.63) is 0 Å². The third-order valence-electron chi connectivity index (χ3n) is 5.68. The molecule has 4 aliphatic rings. The summed E-state index contributed by atoms with van der Waals surface area (Å²) in [5.74, 6) is 1.84. The van der Waals surface area contributed by atoms with Crippen LogP contribution in [0.15, 0.2) is 0 Å². The molecule has 4 fully saturated rings. The van der Waals surface area contributed by atoms with Crippen LogP contribution in [-0.2, 0) is 13.6 Å². The molecule has 116 valence electrons. The standard InChI is InChI=1S/C16H26O3Si2/c1-3-13-15(17-13)9-11(1)5-7-20-19-21-8-6-12-2-4-14-16(10-12)18-14/h11-16H,1-10H2. The lowest BCUT2D eigenvalue weighted by Crippen LogP contribution is -2.15. The normalized spacial score (nSPS) is 44.0. The molecule has 3 nitrogen and oxygen atoms in total. The third-order valence-corrected chi connectivity index (χ3v) is 7.82. The highest BCUT2D eigenvalue weighted by molar-refractivity contribution is 6.42. The van der Waals surface area contributed by atoms with Crippen LogP contribution < -0.4 is 0 Å². The summed E-state index contributed by atoms with van der Waals surface area (Å²) < 4.78 is 17.1. The van der Waals surface area contributed by atoms with Crippen LogP contribution in [0, 0.1) is 11.8 Å². The van der Waals surface area contributed by atoms with Crippen molar-refractivity contribution in [3.8, 4) is 0 Å². The van der Waals surface area contributed by atoms with Gasteiger partial charge in [0.1, 0.15) is 0 Å². The molecule has 0 amide bonds. The molecular formula is C16H26O3Si2. The number of fused-ring (bicyclic) bond motifs is 2. The quantitative estimate of drug-likeness (QED) is 0.391. The lowest BCUT2D eigenvalue weighted by Gasteiger charge is -2.18. The molecular weight excluding hydrogens is 296 g/mol. The first kappa shape index (κ1) is 14.9. The topological polar surface area (TPSA) is 34.3 Å². The fraction of sp³-hybridized carbons (Fsp3) is 1.00. The molecule has 2 heterocycles. The van der Waals surface area contributed by atoms with E-state index in [-0.39, 0.29) is 0 Å². The summed E-state index contributed by atoms with van der Waals surface area (Å²) in [5.41, 5.74) is 0. The largest absolute Gasteiger partial charge is 0.457 e. The van der Waals surface area contributed by atoms with Gasteiger partial charge in [0.05, 0.1) is 24.4 Å². The zero-order chi connectivity index (χ0) is 14.1. The van der Waals surface area contributed by atoms with Gasteiger partial charge >= 0.3 is 0 Å². The van der Waals surface area contributed by atoms with Gasteiger partial charge in [0.15, 0.2) is 0 Å². The maximum absolute atomic E-state index is 5.88. The maximum Gasteiger partial charge on any atom is 0.214 e. The number of rotatable bonds is 8. The molecule has 4 radical (unpaired) electrons. The van der Waals surface area contributed by atoms with E-state index in [1.807, 2.05) is 0 Å². The Bertz CT molecular complexity index is 322. The molecule has 0 aromatic heterocycles. The molecule has 2 aliphatic heterocycles. The van der Waals surface area contributed by atoms with Gasteiger partial charge in [-0.25, -0.2) is 0 Å². The second-order valence-corrected chi connectivity index (χ2v) is 9.65. The smallest absolute Gasteiger partial charge is 0.214 e. The van der Waals surface area contributed by atoms with Gasteiger partial charge in [0, 0.05) is 0 Å². The first-order chi connectivity index (χ1) is 10.4. The summed E-state index contributed by atoms with van der Waals surface area (Å²) in [6.45, 7) is 0. The molecule has 0 aromatic rings. The Morgan fingerprint density at radius 3 is 1.71 bits per heavy atom. The van der Waals surface area contributed by atoms with Gasteiger partial charge in [-0.2, -0.15) is 0 Å². The Morgan fingerprint density at radius 2 is 1.24 bits per heavy atom. The first-order valence-corrected chi connectivity index (χ1v) is 11.0. The minimum Gasteiger partial charge on any atom is -0.457 e. The van der Waals surface area contributed by atoms with Gasteiger partial charge in [-0.05, 0) is 62.4 Å². The highest BCUT2D eigenvalue weighted by Gasteiger charge is 2.44. The van der Waals surface area contributed by atoms with Crippen LogP contribution in [-0.4, -0.2) is 43.9 Å². The predicted octanol–water partition coefficient (Wildman–Crippen LogP) is 2.99. The van der Waals surface area contributed by atoms with Crippen molar-refractivity contribution in [3.63, 3.8) is 0 Å². The van der Waals surface area contributed by atoms with Gasteiger partial charge in [0.25, 0.3) is 0 Å². The van der Waals surface area contributed by atoms with Crippen molar-refractivity contribution < 1.29 is 13.6 Å². The number of ether oxygens (including phenoxy) is 2. The van der Waals surface area contributed by atoms with Gasteiger partial charge in [-0.3, -0.25) is 0 Å². The summed E-state index contributed by atoms with van der Waals surface area (Å²) in [6, 6.07) is 2.55. The van der Waals surface area contributed by atoms with E-state index in [0.29, 0.717) is 24.4 Å². The Hall–Kier alpha value is 0.314. The van der Waals surface area contributed by atoms with Crippen LogP contribution in [0.1, 0.15) is 51.4 Å². The summed E-state index contributed by atoms with van der Waals surface area (Å²) in [7, 11) is 1.46. The lowest BCUT2D eigenvalue weighted by molar-refractivity contribution is 0.355. The van der Waals surface area contributed by atoms with Gasteiger partial charge < -0.3 is 13.6 Å². The van der Waals surface area contributed by atoms with E-state index in [2.05, 4.69) is 0 Å². The second-order valence-electron chi connectivity index (χ2n) is 7.25. The van der Waals surface area contributed by atoms with Gasteiger partial charge in [-0.1, -0.05) is 12.8 Å². The molecule has 2 aliphatic carbocycles. The number of hydrogen-bond acceptors (Lipinski definition) is 3. The summed E-state index contributed by atoms with van der Waals surface area (Å²) in [4.78, 5) is 0. The molecule has 2 saturated carbocycles. The maximum atomic E-state index is 5.88. The SMILES string of the molecule is C(CC1CCC2OC2C1)[Si]O[Si]CCC1CCC2OC2C1. The van der Waals surface area contributed by atoms with Crippen molar-refractivity contribution >= 4 is 19.5 Å². The van der Waals surface area contributed by atoms with E-state index in [0.717, 1.165) is 31.4 Å². The predicted molar refractivity (Wildman–Crippen MR) is 83.4 cm³/mol. The van der Waals surface area contributed by atoms with Crippen molar-refractivity contribution in [2.75, 3.05) is 0 Å². The molecule has 6 atom stereocenters. The Kier molecular flexibility index (Phi) is 4.84. The monoisotopic (exact) mass is 322 g/mol. The van der Waals surface area contributed by atoms with Gasteiger partial charge in [-0.15, -0.1) is 0 Å². The van der Waals surface area contributed by atoms with Crippen LogP contribution in [0.4, 0.5) is 0 Å². The number of epoxide rings is 2. The highest BCUT2D eigenvalue weighted by Crippen LogP contribution is 2.41. The fourth-order valence-corrected chi connectivity index (χ4v) is 6.45. The highest BCUT2D eigenvalue weighted by atomic mass is 28.3. The first-order valence-electron chi connectivity index (χ1n) is 8.81. The fourth-order valence-electron chi connectivity index (χ4n) is 4.18. The van der Waals surface area contributed by atoms with E-state index < -0.39 is 0 Å². The van der Waals surface area contributed by atoms with Crippen LogP contribution in [0.3, 0.4) is 0 Å². The van der Waals surface area contributed by atoms with E-state index in [4.69, 9.17) is 13.6 Å². The van der Waals surface area contributed by atoms with E-state index in [1.54, 1.807) is 0 Å². The molecule has 21 heavy (non-hydrogen) atoms. The number of hydrogen-bond donors (Lipinski definition) is 0. The van der Waals surface area contributed by atoms with Crippen molar-refractivity contribution in [1.29, 1.82) is 0 Å². The third kappa shape index (κ3) is 4.19. The van der Waals surface area contributed by atoms with Crippen molar-refractivity contribution in [1.82, 2.24) is 0 Å². The zero-order valence-electron chi connectivity index (χ0n) is 12.8. The molecule has 0 N–H and O–H groups in total. The molecule has 0 spiro atoms. The summed E-state index contributed by atoms with van der Waals surface area (Å²) >= 11 is 0. The summed E-state index contributed by atoms with van der Waals surface area (Å²) in [6.07, 6.45) is 13.3. The Morgan fingerprint density at radius 1 is 0.714 bits per heavy atom. The van der Waals surface area contributed by atoms with Crippen LogP contribution >= 0.6 is 0 Å². The van der Waals surface area contributed by atoms with Crippen LogP contribution in [0.2, 0.25) is 12.1 Å². The Balaban J connectivity index is 0.981. The molecule has 0 bridgehead atoms. The van der Waals surface area contributed by atoms with E-state index in [9.17, 15) is 0 Å². The average Bonchev–Trinajstić information content (AvgIpc) is 3.39. The minimum absolute atomic E-state index is 0.639.